The lowest BCUT2D eigenvalue weighted by Gasteiger charge is -2.37. The van der Waals surface area contributed by atoms with Crippen LogP contribution in [0.4, 0.5) is 10.2 Å². The first-order chi connectivity index (χ1) is 12.9. The third-order valence-corrected chi connectivity index (χ3v) is 5.74. The molecule has 0 bridgehead atoms. The lowest BCUT2D eigenvalue weighted by Crippen LogP contribution is -2.49. The van der Waals surface area contributed by atoms with Crippen LogP contribution >= 0.6 is 12.4 Å². The van der Waals surface area contributed by atoms with Crippen LogP contribution in [0, 0.1) is 11.7 Å². The Hall–Kier alpha value is -2.19. The molecule has 9 heteroatoms. The van der Waals surface area contributed by atoms with Crippen LogP contribution in [0.25, 0.3) is 11.0 Å². The predicted molar refractivity (Wildman–Crippen MR) is 107 cm³/mol. The second-order valence-electron chi connectivity index (χ2n) is 7.55. The van der Waals surface area contributed by atoms with Gasteiger partial charge in [-0.1, -0.05) is 13.3 Å². The summed E-state index contributed by atoms with van der Waals surface area (Å²) in [6.45, 7) is 3.26. The number of carbonyl (C=O) groups is 1. The summed E-state index contributed by atoms with van der Waals surface area (Å²) in [7, 11) is 0. The Labute approximate surface area is 167 Å². The van der Waals surface area contributed by atoms with Crippen LogP contribution in [0.15, 0.2) is 17.1 Å². The van der Waals surface area contributed by atoms with Gasteiger partial charge in [-0.05, 0) is 31.2 Å². The molecule has 1 saturated carbocycles. The fourth-order valence-electron chi connectivity index (χ4n) is 3.97. The number of carboxylic acid groups (broad SMARTS) is 1. The highest BCUT2D eigenvalue weighted by molar-refractivity contribution is 5.92. The number of fused-ring (bicyclic) bond motifs is 1. The van der Waals surface area contributed by atoms with Gasteiger partial charge < -0.3 is 20.3 Å². The van der Waals surface area contributed by atoms with E-state index < -0.39 is 17.2 Å². The number of aromatic nitrogens is 2. The number of aromatic carboxylic acids is 1. The highest BCUT2D eigenvalue weighted by Crippen LogP contribution is 2.37. The molecule has 0 spiro atoms. The molecule has 2 aromatic heterocycles. The van der Waals surface area contributed by atoms with Crippen molar-refractivity contribution in [3.63, 3.8) is 0 Å². The van der Waals surface area contributed by atoms with E-state index in [1.54, 1.807) is 4.57 Å². The number of hydrogen-bond donors (Lipinski definition) is 2. The fourth-order valence-corrected chi connectivity index (χ4v) is 3.97. The van der Waals surface area contributed by atoms with Gasteiger partial charge in [0.25, 0.3) is 0 Å². The first-order valence-corrected chi connectivity index (χ1v) is 9.40. The van der Waals surface area contributed by atoms with Crippen LogP contribution in [0.1, 0.15) is 49.0 Å². The van der Waals surface area contributed by atoms with E-state index in [0.29, 0.717) is 24.7 Å². The molecule has 152 valence electrons. The first-order valence-electron chi connectivity index (χ1n) is 9.40. The van der Waals surface area contributed by atoms with Crippen molar-refractivity contribution in [2.45, 2.75) is 44.7 Å². The van der Waals surface area contributed by atoms with Crippen molar-refractivity contribution in [2.24, 2.45) is 11.7 Å². The zero-order chi connectivity index (χ0) is 19.3. The van der Waals surface area contributed by atoms with Gasteiger partial charge in [-0.15, -0.1) is 12.4 Å². The van der Waals surface area contributed by atoms with Crippen molar-refractivity contribution in [2.75, 3.05) is 18.0 Å². The number of hydrogen-bond acceptors (Lipinski definition) is 5. The molecule has 0 radical (unpaired) electrons. The molecular formula is C19H24ClFN4O3. The summed E-state index contributed by atoms with van der Waals surface area (Å²) < 4.78 is 16.5. The van der Waals surface area contributed by atoms with Gasteiger partial charge in [0.05, 0.1) is 5.39 Å². The molecule has 2 fully saturated rings. The topological polar surface area (TPSA) is 101 Å². The van der Waals surface area contributed by atoms with Gasteiger partial charge in [0.2, 0.25) is 5.43 Å². The second kappa shape index (κ2) is 7.67. The summed E-state index contributed by atoms with van der Waals surface area (Å²) in [5, 5.41) is 9.32. The van der Waals surface area contributed by atoms with Gasteiger partial charge >= 0.3 is 5.97 Å². The number of pyridine rings is 2. The molecule has 7 nitrogen and oxygen atoms in total. The van der Waals surface area contributed by atoms with Crippen molar-refractivity contribution in [1.82, 2.24) is 9.55 Å². The Morgan fingerprint density at radius 2 is 2.11 bits per heavy atom. The van der Waals surface area contributed by atoms with Gasteiger partial charge in [-0.2, -0.15) is 0 Å². The van der Waals surface area contributed by atoms with Crippen LogP contribution < -0.4 is 16.1 Å². The number of nitrogens with zero attached hydrogens (tertiary/aromatic N) is 3. The minimum absolute atomic E-state index is 0. The van der Waals surface area contributed by atoms with Gasteiger partial charge in [0.1, 0.15) is 11.2 Å². The predicted octanol–water partition coefficient (Wildman–Crippen LogP) is 2.55. The Kier molecular flexibility index (Phi) is 5.63. The molecule has 2 atom stereocenters. The SMILES string of the molecule is CC[C@@H]1CCN(c2nc3c(cc2F)c(=O)c(C(=O)O)cn3C2CC2)C[C@H]1N.Cl. The van der Waals surface area contributed by atoms with E-state index in [1.807, 2.05) is 4.90 Å². The molecule has 1 aliphatic heterocycles. The molecule has 2 aliphatic rings. The summed E-state index contributed by atoms with van der Waals surface area (Å²) in [5.74, 6) is -1.34. The molecule has 28 heavy (non-hydrogen) atoms. The maximum absolute atomic E-state index is 14.8. The summed E-state index contributed by atoms with van der Waals surface area (Å²) >= 11 is 0. The highest BCUT2D eigenvalue weighted by atomic mass is 35.5. The Morgan fingerprint density at radius 3 is 2.68 bits per heavy atom. The van der Waals surface area contributed by atoms with Crippen LogP contribution in [0.2, 0.25) is 0 Å². The molecule has 4 rings (SSSR count). The van der Waals surface area contributed by atoms with Gasteiger partial charge in [0.15, 0.2) is 11.6 Å². The lowest BCUT2D eigenvalue weighted by molar-refractivity contribution is 0.0695. The zero-order valence-electron chi connectivity index (χ0n) is 15.6. The van der Waals surface area contributed by atoms with E-state index in [-0.39, 0.29) is 41.3 Å². The van der Waals surface area contributed by atoms with Crippen molar-refractivity contribution in [3.8, 4) is 0 Å². The average Bonchev–Trinajstić information content (AvgIpc) is 3.46. The lowest BCUT2D eigenvalue weighted by atomic mass is 9.90. The zero-order valence-corrected chi connectivity index (χ0v) is 16.4. The fraction of sp³-hybridized carbons (Fsp3) is 0.526. The first kappa shape index (κ1) is 20.5. The molecule has 0 aromatic carbocycles. The number of rotatable bonds is 4. The van der Waals surface area contributed by atoms with E-state index in [1.165, 1.54) is 6.20 Å². The monoisotopic (exact) mass is 410 g/mol. The standard InChI is InChI=1S/C19H23FN4O3.ClH/c1-2-10-5-6-23(9-15(10)21)18-14(20)7-12-16(25)13(19(26)27)8-24(11-3-4-11)17(12)22-18;/h7-8,10-11,15H,2-6,9,21H2,1H3,(H,26,27);1H/t10-,15-;/m1./s1. The van der Waals surface area contributed by atoms with Crippen LogP contribution in [-0.2, 0) is 0 Å². The maximum Gasteiger partial charge on any atom is 0.341 e. The van der Waals surface area contributed by atoms with E-state index in [2.05, 4.69) is 11.9 Å². The second-order valence-corrected chi connectivity index (χ2v) is 7.55. The van der Waals surface area contributed by atoms with Crippen molar-refractivity contribution in [1.29, 1.82) is 0 Å². The number of piperidine rings is 1. The Bertz CT molecular complexity index is 976. The summed E-state index contributed by atoms with van der Waals surface area (Å²) in [5.41, 5.74) is 5.52. The molecule has 3 heterocycles. The van der Waals surface area contributed by atoms with Crippen molar-refractivity contribution < 1.29 is 14.3 Å². The summed E-state index contributed by atoms with van der Waals surface area (Å²) in [6.07, 6.45) is 4.97. The quantitative estimate of drug-likeness (QED) is 0.803. The van der Waals surface area contributed by atoms with Crippen LogP contribution in [0.5, 0.6) is 0 Å². The number of halogens is 2. The normalized spacial score (nSPS) is 22.2. The maximum atomic E-state index is 14.8. The molecule has 2 aromatic rings. The molecule has 1 aliphatic carbocycles. The molecule has 1 saturated heterocycles. The minimum Gasteiger partial charge on any atom is -0.477 e. The van der Waals surface area contributed by atoms with Crippen LogP contribution in [0.3, 0.4) is 0 Å². The van der Waals surface area contributed by atoms with E-state index >= 15 is 0 Å². The molecule has 3 N–H and O–H groups in total. The third kappa shape index (κ3) is 3.46. The number of carboxylic acids is 1. The van der Waals surface area contributed by atoms with Crippen molar-refractivity contribution in [3.05, 3.63) is 33.9 Å². The molecular weight excluding hydrogens is 387 g/mol. The molecule has 0 unspecified atom stereocenters. The van der Waals surface area contributed by atoms with Crippen LogP contribution in [-0.4, -0.2) is 39.8 Å². The van der Waals surface area contributed by atoms with Gasteiger partial charge in [-0.25, -0.2) is 14.2 Å². The average molecular weight is 411 g/mol. The van der Waals surface area contributed by atoms with E-state index in [0.717, 1.165) is 31.7 Å². The van der Waals surface area contributed by atoms with Crippen molar-refractivity contribution >= 4 is 35.2 Å². The number of nitrogens with two attached hydrogens (primary N) is 1. The number of anilines is 1. The highest BCUT2D eigenvalue weighted by Gasteiger charge is 2.31. The Morgan fingerprint density at radius 1 is 1.39 bits per heavy atom. The van der Waals surface area contributed by atoms with Gasteiger partial charge in [0, 0.05) is 31.4 Å². The molecule has 0 amide bonds. The summed E-state index contributed by atoms with van der Waals surface area (Å²) in [4.78, 5) is 30.2. The van der Waals surface area contributed by atoms with E-state index in [4.69, 9.17) is 5.73 Å². The van der Waals surface area contributed by atoms with Gasteiger partial charge in [-0.3, -0.25) is 4.79 Å². The summed E-state index contributed by atoms with van der Waals surface area (Å²) in [6, 6.07) is 1.17. The smallest absolute Gasteiger partial charge is 0.341 e. The largest absolute Gasteiger partial charge is 0.477 e. The van der Waals surface area contributed by atoms with E-state index in [9.17, 15) is 19.1 Å². The minimum atomic E-state index is -1.31. The third-order valence-electron chi connectivity index (χ3n) is 5.74. The Balaban J connectivity index is 0.00000225.